The zero-order valence-electron chi connectivity index (χ0n) is 7.28. The van der Waals surface area contributed by atoms with Crippen molar-refractivity contribution in [2.75, 3.05) is 19.6 Å². The van der Waals surface area contributed by atoms with Gasteiger partial charge in [0, 0.05) is 19.6 Å². The lowest BCUT2D eigenvalue weighted by atomic mass is 10.5. The zero-order valence-corrected chi connectivity index (χ0v) is 7.28. The zero-order chi connectivity index (χ0) is 7.98. The molecule has 10 heavy (non-hydrogen) atoms. The highest BCUT2D eigenvalue weighted by Crippen LogP contribution is 1.94. The summed E-state index contributed by atoms with van der Waals surface area (Å²) < 4.78 is 0. The Kier molecular flexibility index (Phi) is 4.81. The van der Waals surface area contributed by atoms with Gasteiger partial charge >= 0.3 is 0 Å². The van der Waals surface area contributed by atoms with Crippen LogP contribution in [0.15, 0.2) is 12.4 Å². The van der Waals surface area contributed by atoms with Crippen molar-refractivity contribution in [1.82, 2.24) is 10.2 Å². The van der Waals surface area contributed by atoms with Crippen LogP contribution in [0.4, 0.5) is 0 Å². The Bertz CT molecular complexity index is 95.4. The van der Waals surface area contributed by atoms with Crippen LogP contribution in [0, 0.1) is 0 Å². The lowest BCUT2D eigenvalue weighted by Gasteiger charge is -2.23. The highest BCUT2D eigenvalue weighted by molar-refractivity contribution is 4.89. The maximum atomic E-state index is 3.90. The fourth-order valence-corrected chi connectivity index (χ4v) is 0.921. The molecular weight excluding hydrogens is 124 g/mol. The molecule has 0 aromatic carbocycles. The van der Waals surface area contributed by atoms with Gasteiger partial charge in [0.05, 0.1) is 5.82 Å². The van der Waals surface area contributed by atoms with Crippen LogP contribution in [0.3, 0.4) is 0 Å². The van der Waals surface area contributed by atoms with Crippen LogP contribution in [-0.2, 0) is 0 Å². The Balaban J connectivity index is 3.65. The second-order valence-electron chi connectivity index (χ2n) is 2.15. The van der Waals surface area contributed by atoms with Gasteiger partial charge in [0.25, 0.3) is 0 Å². The van der Waals surface area contributed by atoms with E-state index >= 15 is 0 Å². The van der Waals surface area contributed by atoms with Crippen molar-refractivity contribution in [3.8, 4) is 0 Å². The third-order valence-electron chi connectivity index (χ3n) is 1.53. The van der Waals surface area contributed by atoms with Crippen LogP contribution in [0.25, 0.3) is 0 Å². The standard InChI is InChI=1S/C8H18N2/c1-5-9-8(4)10(6-2)7-3/h9H,4-7H2,1-3H3. The smallest absolute Gasteiger partial charge is 0.0938 e. The summed E-state index contributed by atoms with van der Waals surface area (Å²) in [7, 11) is 0. The van der Waals surface area contributed by atoms with Crippen LogP contribution in [0.1, 0.15) is 20.8 Å². The quantitative estimate of drug-likeness (QED) is 0.624. The highest BCUT2D eigenvalue weighted by Gasteiger charge is 1.98. The maximum Gasteiger partial charge on any atom is 0.0938 e. The van der Waals surface area contributed by atoms with Gasteiger partial charge < -0.3 is 10.2 Å². The van der Waals surface area contributed by atoms with E-state index < -0.39 is 0 Å². The molecule has 0 aliphatic rings. The average Bonchev–Trinajstić information content (AvgIpc) is 1.91. The molecule has 0 radical (unpaired) electrons. The van der Waals surface area contributed by atoms with Crippen molar-refractivity contribution in [3.05, 3.63) is 12.4 Å². The molecule has 2 heteroatoms. The molecule has 0 spiro atoms. The van der Waals surface area contributed by atoms with Gasteiger partial charge in [-0.2, -0.15) is 0 Å². The summed E-state index contributed by atoms with van der Waals surface area (Å²) in [5.74, 6) is 1.03. The molecule has 0 bridgehead atoms. The van der Waals surface area contributed by atoms with E-state index in [0.717, 1.165) is 25.5 Å². The summed E-state index contributed by atoms with van der Waals surface area (Å²) in [6.07, 6.45) is 0. The predicted molar refractivity (Wildman–Crippen MR) is 45.7 cm³/mol. The Labute approximate surface area is 63.9 Å². The molecule has 0 saturated carbocycles. The molecule has 1 N–H and O–H groups in total. The number of rotatable bonds is 5. The SMILES string of the molecule is C=C(NCC)N(CC)CC. The minimum Gasteiger partial charge on any atom is -0.373 e. The summed E-state index contributed by atoms with van der Waals surface area (Å²) in [6, 6.07) is 0. The first-order valence-electron chi connectivity index (χ1n) is 3.93. The van der Waals surface area contributed by atoms with Crippen molar-refractivity contribution in [2.45, 2.75) is 20.8 Å². The summed E-state index contributed by atoms with van der Waals surface area (Å²) >= 11 is 0. The molecule has 0 rings (SSSR count). The van der Waals surface area contributed by atoms with Crippen LogP contribution in [0.5, 0.6) is 0 Å². The monoisotopic (exact) mass is 142 g/mol. The van der Waals surface area contributed by atoms with E-state index in [1.165, 1.54) is 0 Å². The first-order valence-corrected chi connectivity index (χ1v) is 3.93. The number of nitrogens with one attached hydrogen (secondary N) is 1. The Hall–Kier alpha value is -0.660. The number of hydrogen-bond donors (Lipinski definition) is 1. The van der Waals surface area contributed by atoms with Crippen LogP contribution in [0.2, 0.25) is 0 Å². The normalized spacial score (nSPS) is 9.10. The number of nitrogens with zero attached hydrogens (tertiary/aromatic N) is 1. The molecular formula is C8H18N2. The van der Waals surface area contributed by atoms with Crippen molar-refractivity contribution < 1.29 is 0 Å². The second-order valence-corrected chi connectivity index (χ2v) is 2.15. The lowest BCUT2D eigenvalue weighted by Crippen LogP contribution is -2.30. The van der Waals surface area contributed by atoms with E-state index in [1.54, 1.807) is 0 Å². The van der Waals surface area contributed by atoms with Crippen LogP contribution >= 0.6 is 0 Å². The second kappa shape index (κ2) is 5.15. The molecule has 0 unspecified atom stereocenters. The van der Waals surface area contributed by atoms with Gasteiger partial charge in [0.15, 0.2) is 0 Å². The topological polar surface area (TPSA) is 15.3 Å². The first kappa shape index (κ1) is 9.34. The minimum atomic E-state index is 0.954. The van der Waals surface area contributed by atoms with Gasteiger partial charge in [-0.1, -0.05) is 6.58 Å². The van der Waals surface area contributed by atoms with E-state index in [1.807, 2.05) is 0 Å². The Morgan fingerprint density at radius 2 is 1.80 bits per heavy atom. The molecule has 0 amide bonds. The average molecular weight is 142 g/mol. The van der Waals surface area contributed by atoms with Gasteiger partial charge in [-0.25, -0.2) is 0 Å². The molecule has 0 saturated heterocycles. The van der Waals surface area contributed by atoms with Gasteiger partial charge in [0.2, 0.25) is 0 Å². The summed E-state index contributed by atoms with van der Waals surface area (Å²) in [4.78, 5) is 2.20. The molecule has 0 fully saturated rings. The van der Waals surface area contributed by atoms with Gasteiger partial charge in [-0.15, -0.1) is 0 Å². The molecule has 0 aliphatic heterocycles. The fraction of sp³-hybridized carbons (Fsp3) is 0.750. The van der Waals surface area contributed by atoms with Crippen LogP contribution < -0.4 is 5.32 Å². The van der Waals surface area contributed by atoms with Gasteiger partial charge in [-0.3, -0.25) is 0 Å². The van der Waals surface area contributed by atoms with Crippen molar-refractivity contribution >= 4 is 0 Å². The van der Waals surface area contributed by atoms with E-state index in [-0.39, 0.29) is 0 Å². The Morgan fingerprint density at radius 3 is 2.10 bits per heavy atom. The molecule has 2 nitrogen and oxygen atoms in total. The maximum absolute atomic E-state index is 3.90. The summed E-state index contributed by atoms with van der Waals surface area (Å²) in [5.41, 5.74) is 0. The summed E-state index contributed by atoms with van der Waals surface area (Å²) in [5, 5.41) is 3.18. The van der Waals surface area contributed by atoms with Gasteiger partial charge in [0.1, 0.15) is 0 Å². The molecule has 0 aliphatic carbocycles. The van der Waals surface area contributed by atoms with E-state index in [0.29, 0.717) is 0 Å². The molecule has 0 aromatic rings. The highest BCUT2D eigenvalue weighted by atomic mass is 15.2. The van der Waals surface area contributed by atoms with E-state index in [4.69, 9.17) is 0 Å². The third-order valence-corrected chi connectivity index (χ3v) is 1.53. The third kappa shape index (κ3) is 2.76. The molecule has 0 aromatic heterocycles. The predicted octanol–water partition coefficient (Wildman–Crippen LogP) is 1.41. The van der Waals surface area contributed by atoms with E-state index in [9.17, 15) is 0 Å². The molecule has 0 heterocycles. The van der Waals surface area contributed by atoms with Crippen molar-refractivity contribution in [1.29, 1.82) is 0 Å². The lowest BCUT2D eigenvalue weighted by molar-refractivity contribution is 0.356. The van der Waals surface area contributed by atoms with E-state index in [2.05, 4.69) is 37.6 Å². The molecule has 0 atom stereocenters. The van der Waals surface area contributed by atoms with Gasteiger partial charge in [-0.05, 0) is 20.8 Å². The fourth-order valence-electron chi connectivity index (χ4n) is 0.921. The largest absolute Gasteiger partial charge is 0.373 e. The Morgan fingerprint density at radius 1 is 1.30 bits per heavy atom. The number of hydrogen-bond acceptors (Lipinski definition) is 2. The van der Waals surface area contributed by atoms with Crippen LogP contribution in [-0.4, -0.2) is 24.5 Å². The summed E-state index contributed by atoms with van der Waals surface area (Å²) in [6.45, 7) is 13.3. The van der Waals surface area contributed by atoms with Crippen molar-refractivity contribution in [3.63, 3.8) is 0 Å². The first-order chi connectivity index (χ1) is 4.76. The van der Waals surface area contributed by atoms with Crippen molar-refractivity contribution in [2.24, 2.45) is 0 Å². The molecule has 60 valence electrons. The minimum absolute atomic E-state index is 0.954.